The molecule has 1 heterocycles. The van der Waals surface area contributed by atoms with Gasteiger partial charge in [0.25, 0.3) is 0 Å². The maximum atomic E-state index is 11.8. The average molecular weight is 312 g/mol. The number of rotatable bonds is 5. The molecule has 0 unspecified atom stereocenters. The molecule has 106 valence electrons. The van der Waals surface area contributed by atoms with E-state index in [1.807, 2.05) is 7.05 Å². The summed E-state index contributed by atoms with van der Waals surface area (Å²) in [5.74, 6) is 0.792. The standard InChI is InChI=1S/C12H14ClN5OS/c1-18-10(6-14)16-17-12(18)20-7-11(19)15-9-4-2-3-8(13)5-9/h2-5H,6-7,14H2,1H3,(H,15,19). The monoisotopic (exact) mass is 311 g/mol. The van der Waals surface area contributed by atoms with Crippen LogP contribution < -0.4 is 11.1 Å². The molecule has 0 aliphatic rings. The zero-order valence-electron chi connectivity index (χ0n) is 10.8. The van der Waals surface area contributed by atoms with E-state index in [9.17, 15) is 4.79 Å². The number of nitrogens with one attached hydrogen (secondary N) is 1. The van der Waals surface area contributed by atoms with Gasteiger partial charge in [-0.25, -0.2) is 0 Å². The molecule has 6 nitrogen and oxygen atoms in total. The fourth-order valence-electron chi connectivity index (χ4n) is 1.54. The van der Waals surface area contributed by atoms with E-state index in [0.717, 1.165) is 0 Å². The van der Waals surface area contributed by atoms with Crippen LogP contribution in [-0.4, -0.2) is 26.4 Å². The molecule has 2 aromatic rings. The number of benzene rings is 1. The van der Waals surface area contributed by atoms with Gasteiger partial charge < -0.3 is 15.6 Å². The molecule has 0 atom stereocenters. The Balaban J connectivity index is 1.90. The van der Waals surface area contributed by atoms with E-state index >= 15 is 0 Å². The van der Waals surface area contributed by atoms with Crippen LogP contribution in [0.25, 0.3) is 0 Å². The molecule has 3 N–H and O–H groups in total. The van der Waals surface area contributed by atoms with Crippen LogP contribution in [0.5, 0.6) is 0 Å². The number of hydrogen-bond donors (Lipinski definition) is 2. The molecule has 8 heteroatoms. The van der Waals surface area contributed by atoms with E-state index in [2.05, 4.69) is 15.5 Å². The van der Waals surface area contributed by atoms with Crippen molar-refractivity contribution < 1.29 is 4.79 Å². The second-order valence-corrected chi connectivity index (χ2v) is 5.39. The number of halogens is 1. The van der Waals surface area contributed by atoms with Crippen LogP contribution in [0.3, 0.4) is 0 Å². The highest BCUT2D eigenvalue weighted by Crippen LogP contribution is 2.18. The Morgan fingerprint density at radius 2 is 2.30 bits per heavy atom. The summed E-state index contributed by atoms with van der Waals surface area (Å²) >= 11 is 7.15. The van der Waals surface area contributed by atoms with E-state index in [1.54, 1.807) is 28.8 Å². The van der Waals surface area contributed by atoms with Crippen LogP contribution in [0, 0.1) is 0 Å². The topological polar surface area (TPSA) is 85.8 Å². The van der Waals surface area contributed by atoms with Gasteiger partial charge in [0.1, 0.15) is 5.82 Å². The molecule has 0 saturated carbocycles. The van der Waals surface area contributed by atoms with Crippen molar-refractivity contribution in [1.29, 1.82) is 0 Å². The summed E-state index contributed by atoms with van der Waals surface area (Å²) in [6.07, 6.45) is 0. The van der Waals surface area contributed by atoms with Crippen molar-refractivity contribution in [1.82, 2.24) is 14.8 Å². The molecule has 0 radical (unpaired) electrons. The summed E-state index contributed by atoms with van der Waals surface area (Å²) in [5, 5.41) is 11.9. The van der Waals surface area contributed by atoms with E-state index in [4.69, 9.17) is 17.3 Å². The highest BCUT2D eigenvalue weighted by atomic mass is 35.5. The molecule has 1 aromatic carbocycles. The number of carbonyl (C=O) groups is 1. The van der Waals surface area contributed by atoms with Gasteiger partial charge in [0.15, 0.2) is 5.16 Å². The lowest BCUT2D eigenvalue weighted by Gasteiger charge is -2.05. The maximum Gasteiger partial charge on any atom is 0.234 e. The Hall–Kier alpha value is -1.57. The van der Waals surface area contributed by atoms with Crippen molar-refractivity contribution in [2.75, 3.05) is 11.1 Å². The predicted molar refractivity (Wildman–Crippen MR) is 79.7 cm³/mol. The van der Waals surface area contributed by atoms with Gasteiger partial charge in [0.2, 0.25) is 5.91 Å². The molecule has 0 aliphatic heterocycles. The first kappa shape index (κ1) is 14.8. The van der Waals surface area contributed by atoms with Crippen LogP contribution in [0.4, 0.5) is 5.69 Å². The lowest BCUT2D eigenvalue weighted by atomic mass is 10.3. The first-order valence-corrected chi connectivity index (χ1v) is 7.23. The van der Waals surface area contributed by atoms with Crippen LogP contribution in [0.2, 0.25) is 5.02 Å². The van der Waals surface area contributed by atoms with Crippen molar-refractivity contribution >= 4 is 35.0 Å². The molecular weight excluding hydrogens is 298 g/mol. The van der Waals surface area contributed by atoms with E-state index in [-0.39, 0.29) is 11.7 Å². The van der Waals surface area contributed by atoms with Crippen molar-refractivity contribution in [3.05, 3.63) is 35.1 Å². The zero-order valence-corrected chi connectivity index (χ0v) is 12.4. The highest BCUT2D eigenvalue weighted by Gasteiger charge is 2.10. The van der Waals surface area contributed by atoms with Gasteiger partial charge in [-0.1, -0.05) is 29.4 Å². The van der Waals surface area contributed by atoms with Crippen molar-refractivity contribution in [3.63, 3.8) is 0 Å². The number of anilines is 1. The third-order valence-corrected chi connectivity index (χ3v) is 3.80. The molecule has 1 amide bonds. The molecule has 0 spiro atoms. The molecular formula is C12H14ClN5OS. The molecule has 1 aromatic heterocycles. The number of nitrogens with zero attached hydrogens (tertiary/aromatic N) is 3. The number of aromatic nitrogens is 3. The summed E-state index contributed by atoms with van der Waals surface area (Å²) in [6.45, 7) is 0.318. The first-order chi connectivity index (χ1) is 9.60. The molecule has 0 bridgehead atoms. The van der Waals surface area contributed by atoms with Gasteiger partial charge in [-0.2, -0.15) is 0 Å². The summed E-state index contributed by atoms with van der Waals surface area (Å²) in [4.78, 5) is 11.8. The van der Waals surface area contributed by atoms with Crippen molar-refractivity contribution in [2.24, 2.45) is 12.8 Å². The van der Waals surface area contributed by atoms with Crippen molar-refractivity contribution in [2.45, 2.75) is 11.7 Å². The summed E-state index contributed by atoms with van der Waals surface area (Å²) in [7, 11) is 1.82. The fourth-order valence-corrected chi connectivity index (χ4v) is 2.46. The van der Waals surface area contributed by atoms with Crippen LogP contribution in [0.1, 0.15) is 5.82 Å². The SMILES string of the molecule is Cn1c(CN)nnc1SCC(=O)Nc1cccc(Cl)c1. The Kier molecular flexibility index (Phi) is 4.99. The second-order valence-electron chi connectivity index (χ2n) is 4.01. The number of carbonyl (C=O) groups excluding carboxylic acids is 1. The average Bonchev–Trinajstić information content (AvgIpc) is 2.77. The van der Waals surface area contributed by atoms with Crippen molar-refractivity contribution in [3.8, 4) is 0 Å². The molecule has 20 heavy (non-hydrogen) atoms. The number of amides is 1. The number of hydrogen-bond acceptors (Lipinski definition) is 5. The molecule has 2 rings (SSSR count). The van der Waals surface area contributed by atoms with Gasteiger partial charge in [-0.05, 0) is 18.2 Å². The minimum absolute atomic E-state index is 0.130. The number of nitrogens with two attached hydrogens (primary N) is 1. The van der Waals surface area contributed by atoms with Crippen LogP contribution in [-0.2, 0) is 18.4 Å². The van der Waals surface area contributed by atoms with E-state index < -0.39 is 0 Å². The zero-order chi connectivity index (χ0) is 14.5. The van der Waals surface area contributed by atoms with Crippen LogP contribution >= 0.6 is 23.4 Å². The Morgan fingerprint density at radius 1 is 1.50 bits per heavy atom. The van der Waals surface area contributed by atoms with Gasteiger partial charge in [0.05, 0.1) is 12.3 Å². The van der Waals surface area contributed by atoms with Gasteiger partial charge in [0, 0.05) is 17.8 Å². The van der Waals surface area contributed by atoms with Gasteiger partial charge >= 0.3 is 0 Å². The first-order valence-electron chi connectivity index (χ1n) is 5.86. The third kappa shape index (κ3) is 3.72. The van der Waals surface area contributed by atoms with Crippen LogP contribution in [0.15, 0.2) is 29.4 Å². The maximum absolute atomic E-state index is 11.8. The van der Waals surface area contributed by atoms with E-state index in [1.165, 1.54) is 11.8 Å². The summed E-state index contributed by atoms with van der Waals surface area (Å²) in [6, 6.07) is 7.00. The smallest absolute Gasteiger partial charge is 0.234 e. The fraction of sp³-hybridized carbons (Fsp3) is 0.250. The lowest BCUT2D eigenvalue weighted by Crippen LogP contribution is -2.14. The second kappa shape index (κ2) is 6.74. The summed E-state index contributed by atoms with van der Waals surface area (Å²) in [5.41, 5.74) is 6.18. The predicted octanol–water partition coefficient (Wildman–Crippen LogP) is 1.66. The normalized spacial score (nSPS) is 10.6. The third-order valence-electron chi connectivity index (χ3n) is 2.55. The number of thioether (sulfide) groups is 1. The minimum Gasteiger partial charge on any atom is -0.325 e. The largest absolute Gasteiger partial charge is 0.325 e. The Labute approximate surface area is 125 Å². The van der Waals surface area contributed by atoms with Gasteiger partial charge in [-0.15, -0.1) is 10.2 Å². The van der Waals surface area contributed by atoms with E-state index in [0.29, 0.717) is 28.2 Å². The minimum atomic E-state index is -0.130. The summed E-state index contributed by atoms with van der Waals surface area (Å²) < 4.78 is 1.78. The molecule has 0 aliphatic carbocycles. The lowest BCUT2D eigenvalue weighted by molar-refractivity contribution is -0.113. The quantitative estimate of drug-likeness (QED) is 0.820. The Morgan fingerprint density at radius 3 is 2.95 bits per heavy atom. The van der Waals surface area contributed by atoms with Gasteiger partial charge in [-0.3, -0.25) is 4.79 Å². The molecule has 0 fully saturated rings. The Bertz CT molecular complexity index is 616. The molecule has 0 saturated heterocycles. The highest BCUT2D eigenvalue weighted by molar-refractivity contribution is 7.99.